The molecular formula is C9H10N2O2S2Zn. The van der Waals surface area contributed by atoms with Crippen LogP contribution >= 0.6 is 24.4 Å². The Morgan fingerprint density at radius 2 is 1.62 bits per heavy atom. The summed E-state index contributed by atoms with van der Waals surface area (Å²) in [7, 11) is 0. The molecule has 82 valence electrons. The minimum absolute atomic E-state index is 0. The predicted octanol–water partition coefficient (Wildman–Crippen LogP) is -0.991. The van der Waals surface area contributed by atoms with E-state index >= 15 is 0 Å². The van der Waals surface area contributed by atoms with Gasteiger partial charge in [-0.2, -0.15) is 0 Å². The van der Waals surface area contributed by atoms with Gasteiger partial charge in [-0.15, -0.1) is 0 Å². The summed E-state index contributed by atoms with van der Waals surface area (Å²) >= 11 is 8.09. The Bertz CT molecular complexity index is 319. The Balaban J connectivity index is 0. The van der Waals surface area contributed by atoms with Crippen LogP contribution in [0.25, 0.3) is 0 Å². The minimum Gasteiger partial charge on any atom is -0.852 e. The van der Waals surface area contributed by atoms with Crippen LogP contribution in [0.1, 0.15) is 5.56 Å². The molecule has 0 saturated heterocycles. The van der Waals surface area contributed by atoms with Crippen molar-refractivity contribution in [3.63, 3.8) is 0 Å². The summed E-state index contributed by atoms with van der Waals surface area (Å²) in [5.41, 5.74) is 5.35. The Morgan fingerprint density at radius 1 is 1.19 bits per heavy atom. The van der Waals surface area contributed by atoms with Crippen LogP contribution in [0.15, 0.2) is 30.3 Å². The predicted molar refractivity (Wildman–Crippen MR) is 62.7 cm³/mol. The molecule has 0 heterocycles. The zero-order valence-corrected chi connectivity index (χ0v) is 13.1. The first-order valence-corrected chi connectivity index (χ1v) is 4.79. The van der Waals surface area contributed by atoms with Crippen molar-refractivity contribution in [2.24, 2.45) is 5.73 Å². The van der Waals surface area contributed by atoms with Crippen LogP contribution in [0.3, 0.4) is 0 Å². The van der Waals surface area contributed by atoms with Crippen LogP contribution in [0, 0.1) is 0 Å². The largest absolute Gasteiger partial charge is 2.00 e. The van der Waals surface area contributed by atoms with E-state index in [-0.39, 0.29) is 19.5 Å². The third-order valence-electron chi connectivity index (χ3n) is 1.28. The van der Waals surface area contributed by atoms with Crippen molar-refractivity contribution in [3.8, 4) is 0 Å². The molecule has 0 aliphatic carbocycles. The zero-order chi connectivity index (χ0) is 11.7. The number of nitrogens with one attached hydrogen (secondary N) is 1. The molecule has 0 aliphatic heterocycles. The van der Waals surface area contributed by atoms with Crippen molar-refractivity contribution >= 4 is 34.8 Å². The number of benzene rings is 1. The number of hydrogen-bond donors (Lipinski definition) is 2. The van der Waals surface area contributed by atoms with Crippen LogP contribution in [-0.4, -0.2) is 10.3 Å². The molecule has 7 heteroatoms. The van der Waals surface area contributed by atoms with Crippen LogP contribution in [0.5, 0.6) is 0 Å². The second-order valence-corrected chi connectivity index (χ2v) is 3.22. The maximum absolute atomic E-state index is 10.3. The van der Waals surface area contributed by atoms with E-state index in [1.165, 1.54) is 0 Å². The molecule has 0 saturated carbocycles. The Hall–Kier alpha value is -0.777. The van der Waals surface area contributed by atoms with Gasteiger partial charge in [0.15, 0.2) is 0 Å². The molecule has 0 fully saturated rings. The van der Waals surface area contributed by atoms with Gasteiger partial charge in [0.1, 0.15) is 0 Å². The molecule has 16 heavy (non-hydrogen) atoms. The van der Waals surface area contributed by atoms with E-state index < -0.39 is 10.3 Å². The molecule has 0 amide bonds. The van der Waals surface area contributed by atoms with Gasteiger partial charge >= 0.3 is 19.5 Å². The molecule has 0 bridgehead atoms. The van der Waals surface area contributed by atoms with Gasteiger partial charge in [0, 0.05) is 16.9 Å². The van der Waals surface area contributed by atoms with Crippen molar-refractivity contribution in [3.05, 3.63) is 35.9 Å². The molecule has 4 nitrogen and oxygen atoms in total. The molecule has 0 radical (unpaired) electrons. The maximum Gasteiger partial charge on any atom is 2.00 e. The number of hydrogen-bond acceptors (Lipinski definition) is 4. The first-order valence-electron chi connectivity index (χ1n) is 3.97. The average Bonchev–Trinajstić information content (AvgIpc) is 2.15. The van der Waals surface area contributed by atoms with Gasteiger partial charge in [0.05, 0.1) is 0 Å². The summed E-state index contributed by atoms with van der Waals surface area (Å²) in [6.07, 6.45) is 0. The minimum atomic E-state index is -0.750. The molecule has 0 spiro atoms. The Kier molecular flexibility index (Phi) is 11.8. The van der Waals surface area contributed by atoms with Gasteiger partial charge < -0.3 is 21.3 Å². The molecule has 0 aromatic heterocycles. The van der Waals surface area contributed by atoms with Gasteiger partial charge in [-0.05, 0) is 5.56 Å². The number of nitrogens with two attached hydrogens (primary N) is 1. The molecular weight excluding hydrogens is 298 g/mol. The molecule has 0 unspecified atom stereocenters. The van der Waals surface area contributed by atoms with Crippen molar-refractivity contribution in [1.29, 1.82) is 0 Å². The van der Waals surface area contributed by atoms with Gasteiger partial charge in [-0.1, -0.05) is 54.8 Å². The van der Waals surface area contributed by atoms with E-state index in [0.717, 1.165) is 5.56 Å². The normalized spacial score (nSPS) is 7.75. The summed E-state index contributed by atoms with van der Waals surface area (Å²) < 4.78 is 0. The fraction of sp³-hybridized carbons (Fsp3) is 0.111. The Labute approximate surface area is 118 Å². The maximum atomic E-state index is 10.3. The SMILES string of the molecule is NC([O-])=S.[O-]C(=S)NCc1ccccc1.[Zn+2]. The van der Waals surface area contributed by atoms with E-state index in [2.05, 4.69) is 35.5 Å². The average molecular weight is 308 g/mol. The molecule has 1 aromatic rings. The second kappa shape index (κ2) is 10.7. The first-order chi connectivity index (χ1) is 7.02. The molecule has 3 N–H and O–H groups in total. The third-order valence-corrected chi connectivity index (χ3v) is 1.42. The standard InChI is InChI=1S/C8H9NOS.CH3NOS.Zn/c10-8(11)9-6-7-4-2-1-3-5-7;2-1(3)4;/h1-5H,6H2,(H2,9,10,11);(H3,2,3,4);/q;;+2/p-2. The fourth-order valence-electron chi connectivity index (χ4n) is 0.770. The van der Waals surface area contributed by atoms with Crippen LogP contribution < -0.4 is 21.3 Å². The molecule has 0 atom stereocenters. The summed E-state index contributed by atoms with van der Waals surface area (Å²) in [6, 6.07) is 9.64. The summed E-state index contributed by atoms with van der Waals surface area (Å²) in [5, 5.41) is 20.7. The van der Waals surface area contributed by atoms with Crippen molar-refractivity contribution < 1.29 is 29.7 Å². The van der Waals surface area contributed by atoms with E-state index in [1.807, 2.05) is 30.3 Å². The van der Waals surface area contributed by atoms with Crippen LogP contribution in [0.2, 0.25) is 0 Å². The molecule has 1 rings (SSSR count). The van der Waals surface area contributed by atoms with Crippen molar-refractivity contribution in [2.75, 3.05) is 0 Å². The Morgan fingerprint density at radius 3 is 2.00 bits per heavy atom. The molecule has 0 aliphatic rings. The van der Waals surface area contributed by atoms with Gasteiger partial charge in [0.2, 0.25) is 0 Å². The van der Waals surface area contributed by atoms with Crippen molar-refractivity contribution in [2.45, 2.75) is 6.54 Å². The zero-order valence-electron chi connectivity index (χ0n) is 8.51. The van der Waals surface area contributed by atoms with Gasteiger partial charge in [-0.25, -0.2) is 0 Å². The van der Waals surface area contributed by atoms with Crippen LogP contribution in [-0.2, 0) is 26.0 Å². The van der Waals surface area contributed by atoms with Gasteiger partial charge in [0.25, 0.3) is 0 Å². The quantitative estimate of drug-likeness (QED) is 0.539. The van der Waals surface area contributed by atoms with E-state index in [1.54, 1.807) is 0 Å². The van der Waals surface area contributed by atoms with Crippen molar-refractivity contribution in [1.82, 2.24) is 5.32 Å². The first kappa shape index (κ1) is 17.6. The smallest absolute Gasteiger partial charge is 0.852 e. The van der Waals surface area contributed by atoms with E-state index in [4.69, 9.17) is 5.11 Å². The number of thiocarbonyl (C=S) groups is 2. The summed E-state index contributed by atoms with van der Waals surface area (Å²) in [6.45, 7) is 0.517. The fourth-order valence-corrected chi connectivity index (χ4v) is 0.842. The van der Waals surface area contributed by atoms with E-state index in [9.17, 15) is 5.11 Å². The monoisotopic (exact) mass is 306 g/mol. The summed E-state index contributed by atoms with van der Waals surface area (Å²) in [5.74, 6) is 0. The number of rotatable bonds is 2. The third kappa shape index (κ3) is 13.2. The van der Waals surface area contributed by atoms with Gasteiger partial charge in [-0.3, -0.25) is 0 Å². The topological polar surface area (TPSA) is 84.2 Å². The van der Waals surface area contributed by atoms with E-state index in [0.29, 0.717) is 6.54 Å². The summed E-state index contributed by atoms with van der Waals surface area (Å²) in [4.78, 5) is 0. The second-order valence-electron chi connectivity index (χ2n) is 2.45. The van der Waals surface area contributed by atoms with Crippen LogP contribution in [0.4, 0.5) is 0 Å². The molecule has 1 aromatic carbocycles.